The number of methoxy groups -OCH3 is 2. The topological polar surface area (TPSA) is 44.5 Å². The Bertz CT molecular complexity index is 395. The first-order valence-electron chi connectivity index (χ1n) is 5.33. The molecule has 0 radical (unpaired) electrons. The molecule has 1 saturated carbocycles. The molecule has 16 heavy (non-hydrogen) atoms. The lowest BCUT2D eigenvalue weighted by Gasteiger charge is -2.12. The zero-order valence-corrected chi connectivity index (χ0v) is 11.1. The fraction of sp³-hybridized carbons (Fsp3) is 0.500. The number of rotatable bonds is 4. The lowest BCUT2D eigenvalue weighted by atomic mass is 10.1. The van der Waals surface area contributed by atoms with Gasteiger partial charge >= 0.3 is 0 Å². The molecule has 1 fully saturated rings. The van der Waals surface area contributed by atoms with Crippen molar-refractivity contribution in [3.05, 3.63) is 22.2 Å². The van der Waals surface area contributed by atoms with E-state index in [-0.39, 0.29) is 0 Å². The van der Waals surface area contributed by atoms with Crippen LogP contribution < -0.4 is 15.2 Å². The van der Waals surface area contributed by atoms with Crippen LogP contribution in [0.1, 0.15) is 17.9 Å². The van der Waals surface area contributed by atoms with Crippen LogP contribution >= 0.6 is 15.9 Å². The van der Waals surface area contributed by atoms with Crippen LogP contribution in [0.3, 0.4) is 0 Å². The molecular formula is C12H16BrNO2. The second-order valence-electron chi connectivity index (χ2n) is 4.04. The molecule has 3 nitrogen and oxygen atoms in total. The van der Waals surface area contributed by atoms with E-state index in [2.05, 4.69) is 22.0 Å². The predicted octanol–water partition coefficient (Wildman–Crippen LogP) is 2.53. The van der Waals surface area contributed by atoms with E-state index >= 15 is 0 Å². The van der Waals surface area contributed by atoms with Gasteiger partial charge in [-0.15, -0.1) is 0 Å². The second kappa shape index (κ2) is 4.63. The third-order valence-corrected chi connectivity index (χ3v) is 3.96. The summed E-state index contributed by atoms with van der Waals surface area (Å²) in [6.45, 7) is 0.755. The molecule has 0 heterocycles. The van der Waals surface area contributed by atoms with Gasteiger partial charge in [0.05, 0.1) is 18.7 Å². The van der Waals surface area contributed by atoms with Gasteiger partial charge < -0.3 is 15.2 Å². The monoisotopic (exact) mass is 285 g/mol. The van der Waals surface area contributed by atoms with Crippen LogP contribution in [-0.2, 0) is 0 Å². The Morgan fingerprint density at radius 1 is 1.38 bits per heavy atom. The van der Waals surface area contributed by atoms with Crippen molar-refractivity contribution in [2.75, 3.05) is 20.8 Å². The van der Waals surface area contributed by atoms with E-state index in [0.717, 1.165) is 22.5 Å². The van der Waals surface area contributed by atoms with Crippen molar-refractivity contribution in [2.45, 2.75) is 12.3 Å². The van der Waals surface area contributed by atoms with Gasteiger partial charge in [0.1, 0.15) is 0 Å². The third-order valence-electron chi connectivity index (χ3n) is 3.14. The molecule has 0 spiro atoms. The Morgan fingerprint density at radius 3 is 2.62 bits per heavy atom. The molecule has 0 bridgehead atoms. The van der Waals surface area contributed by atoms with Gasteiger partial charge in [-0.05, 0) is 52.4 Å². The zero-order chi connectivity index (χ0) is 11.7. The average Bonchev–Trinajstić information content (AvgIpc) is 3.07. The van der Waals surface area contributed by atoms with Crippen molar-refractivity contribution in [3.8, 4) is 11.5 Å². The minimum Gasteiger partial charge on any atom is -0.493 e. The number of ether oxygens (including phenoxy) is 2. The highest BCUT2D eigenvalue weighted by molar-refractivity contribution is 9.10. The molecule has 88 valence electrons. The summed E-state index contributed by atoms with van der Waals surface area (Å²) in [7, 11) is 3.30. The fourth-order valence-electron chi connectivity index (χ4n) is 2.08. The minimum absolute atomic E-state index is 0.569. The van der Waals surface area contributed by atoms with Crippen LogP contribution in [0.15, 0.2) is 16.6 Å². The van der Waals surface area contributed by atoms with Gasteiger partial charge in [-0.3, -0.25) is 0 Å². The van der Waals surface area contributed by atoms with Crippen molar-refractivity contribution in [2.24, 2.45) is 11.7 Å². The van der Waals surface area contributed by atoms with E-state index < -0.39 is 0 Å². The summed E-state index contributed by atoms with van der Waals surface area (Å²) in [4.78, 5) is 0. The number of nitrogens with two attached hydrogens (primary N) is 1. The zero-order valence-electron chi connectivity index (χ0n) is 9.50. The molecule has 4 heteroatoms. The second-order valence-corrected chi connectivity index (χ2v) is 4.84. The van der Waals surface area contributed by atoms with E-state index in [1.807, 2.05) is 6.07 Å². The summed E-state index contributed by atoms with van der Waals surface area (Å²) in [5, 5.41) is 0. The summed E-state index contributed by atoms with van der Waals surface area (Å²) < 4.78 is 11.6. The first-order chi connectivity index (χ1) is 7.72. The number of hydrogen-bond donors (Lipinski definition) is 1. The van der Waals surface area contributed by atoms with Crippen molar-refractivity contribution >= 4 is 15.9 Å². The molecule has 0 unspecified atom stereocenters. The standard InChI is InChI=1S/C12H16BrNO2/c1-15-10-4-3-8(9-5-7(9)6-14)11(13)12(10)16-2/h3-4,7,9H,5-6,14H2,1-2H3/t7-,9+/m0/s1. The van der Waals surface area contributed by atoms with Crippen molar-refractivity contribution in [1.29, 1.82) is 0 Å². The normalized spacial score (nSPS) is 23.0. The Kier molecular flexibility index (Phi) is 3.40. The Labute approximate surface area is 104 Å². The molecule has 1 aliphatic rings. The van der Waals surface area contributed by atoms with E-state index in [4.69, 9.17) is 15.2 Å². The lowest BCUT2D eigenvalue weighted by Crippen LogP contribution is -2.02. The smallest absolute Gasteiger partial charge is 0.175 e. The molecule has 0 amide bonds. The van der Waals surface area contributed by atoms with E-state index in [1.165, 1.54) is 12.0 Å². The quantitative estimate of drug-likeness (QED) is 0.925. The SMILES string of the molecule is COc1ccc([C@@H]2C[C@H]2CN)c(Br)c1OC. The van der Waals surface area contributed by atoms with Crippen molar-refractivity contribution in [1.82, 2.24) is 0 Å². The molecule has 1 aromatic carbocycles. The van der Waals surface area contributed by atoms with Gasteiger partial charge in [-0.1, -0.05) is 6.07 Å². The van der Waals surface area contributed by atoms with E-state index in [0.29, 0.717) is 11.8 Å². The lowest BCUT2D eigenvalue weighted by molar-refractivity contribution is 0.352. The summed E-state index contributed by atoms with van der Waals surface area (Å²) in [5.74, 6) is 2.71. The van der Waals surface area contributed by atoms with Gasteiger partial charge in [0.25, 0.3) is 0 Å². The molecule has 2 rings (SSSR count). The molecule has 2 N–H and O–H groups in total. The van der Waals surface area contributed by atoms with Crippen molar-refractivity contribution in [3.63, 3.8) is 0 Å². The van der Waals surface area contributed by atoms with Crippen LogP contribution in [0, 0.1) is 5.92 Å². The summed E-state index contributed by atoms with van der Waals surface area (Å²) in [6.07, 6.45) is 1.17. The van der Waals surface area contributed by atoms with Crippen LogP contribution in [0.5, 0.6) is 11.5 Å². The number of benzene rings is 1. The third kappa shape index (κ3) is 1.92. The largest absolute Gasteiger partial charge is 0.493 e. The van der Waals surface area contributed by atoms with Gasteiger partial charge in [0.15, 0.2) is 11.5 Å². The molecule has 1 aliphatic carbocycles. The highest BCUT2D eigenvalue weighted by atomic mass is 79.9. The van der Waals surface area contributed by atoms with Gasteiger partial charge in [0, 0.05) is 0 Å². The Hall–Kier alpha value is -0.740. The predicted molar refractivity (Wildman–Crippen MR) is 67.1 cm³/mol. The summed E-state index contributed by atoms with van der Waals surface area (Å²) in [6, 6.07) is 4.04. The van der Waals surface area contributed by atoms with E-state index in [1.54, 1.807) is 14.2 Å². The fourth-order valence-corrected chi connectivity index (χ4v) is 2.86. The molecule has 0 aromatic heterocycles. The van der Waals surface area contributed by atoms with Crippen LogP contribution in [0.2, 0.25) is 0 Å². The molecule has 0 aliphatic heterocycles. The maximum Gasteiger partial charge on any atom is 0.175 e. The Morgan fingerprint density at radius 2 is 2.12 bits per heavy atom. The van der Waals surface area contributed by atoms with Gasteiger partial charge in [0.2, 0.25) is 0 Å². The highest BCUT2D eigenvalue weighted by Gasteiger charge is 2.38. The summed E-state index contributed by atoms with van der Waals surface area (Å²) >= 11 is 3.58. The van der Waals surface area contributed by atoms with Crippen LogP contribution in [0.25, 0.3) is 0 Å². The maximum atomic E-state index is 5.67. The first kappa shape index (κ1) is 11.7. The maximum absolute atomic E-state index is 5.67. The Balaban J connectivity index is 2.34. The molecule has 0 saturated heterocycles. The number of hydrogen-bond acceptors (Lipinski definition) is 3. The van der Waals surface area contributed by atoms with Crippen molar-refractivity contribution < 1.29 is 9.47 Å². The first-order valence-corrected chi connectivity index (χ1v) is 6.12. The highest BCUT2D eigenvalue weighted by Crippen LogP contribution is 2.52. The van der Waals surface area contributed by atoms with Gasteiger partial charge in [-0.2, -0.15) is 0 Å². The molecular weight excluding hydrogens is 270 g/mol. The molecule has 2 atom stereocenters. The minimum atomic E-state index is 0.569. The van der Waals surface area contributed by atoms with E-state index in [9.17, 15) is 0 Å². The number of halogens is 1. The van der Waals surface area contributed by atoms with Gasteiger partial charge in [-0.25, -0.2) is 0 Å². The van der Waals surface area contributed by atoms with Crippen LogP contribution in [0.4, 0.5) is 0 Å². The summed E-state index contributed by atoms with van der Waals surface area (Å²) in [5.41, 5.74) is 6.94. The average molecular weight is 286 g/mol. The molecule has 1 aromatic rings. The van der Waals surface area contributed by atoms with Crippen LogP contribution in [-0.4, -0.2) is 20.8 Å².